The number of hydrogen-bond acceptors (Lipinski definition) is 6. The molecule has 0 aliphatic carbocycles. The van der Waals surface area contributed by atoms with Crippen LogP contribution >= 0.6 is 69.6 Å². The highest BCUT2D eigenvalue weighted by Gasteiger charge is 2.32. The van der Waals surface area contributed by atoms with Crippen LogP contribution in [-0.4, -0.2) is 39.6 Å². The molecular formula is C60H66Cl6O6. The molecule has 0 bridgehead atoms. The van der Waals surface area contributed by atoms with E-state index in [0.29, 0.717) is 104 Å². The van der Waals surface area contributed by atoms with Gasteiger partial charge in [0.2, 0.25) is 0 Å². The van der Waals surface area contributed by atoms with Gasteiger partial charge in [-0.15, -0.1) is 0 Å². The Hall–Kier alpha value is -4.14. The molecule has 0 spiro atoms. The second kappa shape index (κ2) is 26.9. The highest BCUT2D eigenvalue weighted by molar-refractivity contribution is 6.44. The van der Waals surface area contributed by atoms with Gasteiger partial charge in [0.25, 0.3) is 0 Å². The first-order valence-corrected chi connectivity index (χ1v) is 28.0. The van der Waals surface area contributed by atoms with Crippen LogP contribution in [0.3, 0.4) is 0 Å². The summed E-state index contributed by atoms with van der Waals surface area (Å²) < 4.78 is 41.8. The molecule has 7 aromatic rings. The second-order valence-corrected chi connectivity index (χ2v) is 20.5. The SMILES string of the molecule is CCCCOc1cc2c(cc1OCCCC)c1c(-c3ccc(Cl)c(Cl)c3)c(OCCCC)c(OCCCC)c(-c3ccc(Cl)c(Cl)c3)c1c1cc(OCCCC)c(OCCCC)c(-c3ccc(Cl)c(Cl)c3)c21. The zero-order chi connectivity index (χ0) is 51.3. The van der Waals surface area contributed by atoms with Crippen LogP contribution in [0.15, 0.2) is 72.8 Å². The topological polar surface area (TPSA) is 55.4 Å². The number of halogens is 6. The maximum Gasteiger partial charge on any atom is 0.170 e. The van der Waals surface area contributed by atoms with E-state index < -0.39 is 0 Å². The summed E-state index contributed by atoms with van der Waals surface area (Å²) in [5, 5.41) is 7.60. The Morgan fingerprint density at radius 1 is 0.292 bits per heavy atom. The zero-order valence-corrected chi connectivity index (χ0v) is 46.9. The van der Waals surface area contributed by atoms with Crippen LogP contribution in [0.2, 0.25) is 30.1 Å². The van der Waals surface area contributed by atoms with Gasteiger partial charge in [-0.2, -0.15) is 0 Å². The third-order valence-electron chi connectivity index (χ3n) is 12.7. The molecule has 7 rings (SSSR count). The maximum absolute atomic E-state index is 7.16. The fraction of sp³-hybridized carbons (Fsp3) is 0.400. The van der Waals surface area contributed by atoms with Gasteiger partial charge in [-0.3, -0.25) is 0 Å². The Labute approximate surface area is 456 Å². The first-order valence-electron chi connectivity index (χ1n) is 25.8. The minimum absolute atomic E-state index is 0.390. The summed E-state index contributed by atoms with van der Waals surface area (Å²) in [6.45, 7) is 15.7. The Balaban J connectivity index is 1.90. The summed E-state index contributed by atoms with van der Waals surface area (Å²) in [5.74, 6) is 3.55. The van der Waals surface area contributed by atoms with Crippen molar-refractivity contribution in [2.24, 2.45) is 0 Å². The molecule has 12 heteroatoms. The third-order valence-corrected chi connectivity index (χ3v) is 14.9. The standard InChI is InChI=1S/C60H66Cl6O6/c1-7-13-25-67-49-34-40-41(35-50(49)68-26-14-8-2)56-53(38-20-23-44(62)47(65)32-38)59(71-29-17-11-5)60(72-30-18-12-6)54(39-21-24-45(63)48(66)33-39)57(56)42-36-51(69-27-15-9-3)58(70-28-16-10-4)52(55(40)42)37-19-22-43(61)46(64)31-37/h19-24,31-36H,7-18,25-30H2,1-6H3. The molecular weight excluding hydrogens is 1030 g/mol. The van der Waals surface area contributed by atoms with E-state index in [1.54, 1.807) is 0 Å². The quantitative estimate of drug-likeness (QED) is 0.0378. The van der Waals surface area contributed by atoms with Crippen LogP contribution < -0.4 is 28.4 Å². The van der Waals surface area contributed by atoms with E-state index in [4.69, 9.17) is 98.0 Å². The Bertz CT molecular complexity index is 2990. The number of unbranched alkanes of at least 4 members (excludes halogenated alkanes) is 6. The van der Waals surface area contributed by atoms with Crippen molar-refractivity contribution in [3.8, 4) is 67.9 Å². The summed E-state index contributed by atoms with van der Waals surface area (Å²) in [4.78, 5) is 0. The van der Waals surface area contributed by atoms with Gasteiger partial charge in [0.05, 0.1) is 69.8 Å². The molecule has 0 amide bonds. The predicted molar refractivity (Wildman–Crippen MR) is 308 cm³/mol. The Morgan fingerprint density at radius 2 is 0.583 bits per heavy atom. The van der Waals surface area contributed by atoms with Crippen molar-refractivity contribution in [2.75, 3.05) is 39.6 Å². The molecule has 0 atom stereocenters. The molecule has 0 unspecified atom stereocenters. The van der Waals surface area contributed by atoms with Crippen molar-refractivity contribution < 1.29 is 28.4 Å². The lowest BCUT2D eigenvalue weighted by molar-refractivity contribution is 0.262. The lowest BCUT2D eigenvalue weighted by Crippen LogP contribution is -2.08. The van der Waals surface area contributed by atoms with Crippen LogP contribution in [-0.2, 0) is 0 Å². The fourth-order valence-electron chi connectivity index (χ4n) is 8.80. The Morgan fingerprint density at radius 3 is 0.944 bits per heavy atom. The number of fused-ring (bicyclic) bond motifs is 6. The number of benzene rings is 7. The third kappa shape index (κ3) is 12.5. The van der Waals surface area contributed by atoms with Crippen LogP contribution in [0.4, 0.5) is 0 Å². The lowest BCUT2D eigenvalue weighted by atomic mass is 9.82. The average Bonchev–Trinajstić information content (AvgIpc) is 3.37. The van der Waals surface area contributed by atoms with Crippen molar-refractivity contribution in [1.82, 2.24) is 0 Å². The fourth-order valence-corrected chi connectivity index (χ4v) is 9.70. The summed E-state index contributed by atoms with van der Waals surface area (Å²) in [5.41, 5.74) is 4.66. The normalized spacial score (nSPS) is 11.5. The minimum Gasteiger partial charge on any atom is -0.490 e. The van der Waals surface area contributed by atoms with Crippen molar-refractivity contribution in [3.05, 3.63) is 103 Å². The largest absolute Gasteiger partial charge is 0.490 e. The van der Waals surface area contributed by atoms with E-state index in [0.717, 1.165) is 143 Å². The van der Waals surface area contributed by atoms with E-state index in [2.05, 4.69) is 59.7 Å². The molecule has 0 heterocycles. The van der Waals surface area contributed by atoms with Gasteiger partial charge < -0.3 is 28.4 Å². The van der Waals surface area contributed by atoms with Gasteiger partial charge >= 0.3 is 0 Å². The minimum atomic E-state index is 0.390. The van der Waals surface area contributed by atoms with Crippen molar-refractivity contribution in [1.29, 1.82) is 0 Å². The van der Waals surface area contributed by atoms with E-state index >= 15 is 0 Å². The van der Waals surface area contributed by atoms with Crippen LogP contribution in [0.1, 0.15) is 119 Å². The Kier molecular flexibility index (Phi) is 20.8. The smallest absolute Gasteiger partial charge is 0.170 e. The van der Waals surface area contributed by atoms with Crippen molar-refractivity contribution >= 4 is 102 Å². The average molecular weight is 1100 g/mol. The predicted octanol–water partition coefficient (Wildman–Crippen LogP) is 21.1. The molecule has 0 aromatic heterocycles. The van der Waals surface area contributed by atoms with Crippen LogP contribution in [0, 0.1) is 0 Å². The summed E-state index contributed by atoms with van der Waals surface area (Å²) >= 11 is 41.3. The van der Waals surface area contributed by atoms with E-state index in [-0.39, 0.29) is 0 Å². The number of hydrogen-bond donors (Lipinski definition) is 0. The van der Waals surface area contributed by atoms with E-state index in [1.807, 2.05) is 54.6 Å². The van der Waals surface area contributed by atoms with Gasteiger partial charge in [0.15, 0.2) is 34.5 Å². The molecule has 0 aliphatic heterocycles. The van der Waals surface area contributed by atoms with Crippen molar-refractivity contribution in [3.63, 3.8) is 0 Å². The van der Waals surface area contributed by atoms with Crippen LogP contribution in [0.5, 0.6) is 34.5 Å². The van der Waals surface area contributed by atoms with E-state index in [1.165, 1.54) is 0 Å². The highest BCUT2D eigenvalue weighted by Crippen LogP contribution is 2.59. The summed E-state index contributed by atoms with van der Waals surface area (Å²) in [6, 6.07) is 23.6. The first-order chi connectivity index (χ1) is 35.0. The molecule has 6 nitrogen and oxygen atoms in total. The van der Waals surface area contributed by atoms with Gasteiger partial charge in [-0.05, 0) is 126 Å². The number of ether oxygens (including phenoxy) is 6. The molecule has 0 radical (unpaired) electrons. The van der Waals surface area contributed by atoms with E-state index in [9.17, 15) is 0 Å². The number of rotatable bonds is 27. The van der Waals surface area contributed by atoms with Gasteiger partial charge in [0, 0.05) is 32.8 Å². The zero-order valence-electron chi connectivity index (χ0n) is 42.4. The molecule has 0 N–H and O–H groups in total. The van der Waals surface area contributed by atoms with Gasteiger partial charge in [-0.25, -0.2) is 0 Å². The van der Waals surface area contributed by atoms with Crippen LogP contribution in [0.25, 0.3) is 65.7 Å². The van der Waals surface area contributed by atoms with Gasteiger partial charge in [-0.1, -0.05) is 168 Å². The summed E-state index contributed by atoms with van der Waals surface area (Å²) in [7, 11) is 0. The molecule has 384 valence electrons. The first kappa shape index (κ1) is 55.6. The van der Waals surface area contributed by atoms with Gasteiger partial charge in [0.1, 0.15) is 0 Å². The molecule has 7 aromatic carbocycles. The molecule has 0 saturated heterocycles. The molecule has 0 aliphatic rings. The monoisotopic (exact) mass is 1090 g/mol. The molecule has 0 saturated carbocycles. The lowest BCUT2D eigenvalue weighted by Gasteiger charge is -2.28. The van der Waals surface area contributed by atoms with Crippen molar-refractivity contribution in [2.45, 2.75) is 119 Å². The maximum atomic E-state index is 7.16. The second-order valence-electron chi connectivity index (χ2n) is 18.1. The highest BCUT2D eigenvalue weighted by atomic mass is 35.5. The summed E-state index contributed by atoms with van der Waals surface area (Å²) in [6.07, 6.45) is 10.6. The molecule has 72 heavy (non-hydrogen) atoms. The molecule has 0 fully saturated rings.